The third-order valence-corrected chi connectivity index (χ3v) is 4.14. The number of amides is 1. The third kappa shape index (κ3) is 5.77. The van der Waals surface area contributed by atoms with Crippen molar-refractivity contribution in [3.63, 3.8) is 0 Å². The fourth-order valence-corrected chi connectivity index (χ4v) is 2.65. The summed E-state index contributed by atoms with van der Waals surface area (Å²) in [5.74, 6) is -1.06. The monoisotopic (exact) mass is 311 g/mol. The van der Waals surface area contributed by atoms with E-state index in [1.165, 1.54) is 18.1 Å². The van der Waals surface area contributed by atoms with E-state index in [9.17, 15) is 14.7 Å². The van der Waals surface area contributed by atoms with Gasteiger partial charge in [-0.1, -0.05) is 6.07 Å². The van der Waals surface area contributed by atoms with Crippen LogP contribution < -0.4 is 5.32 Å². The molecule has 116 valence electrons. The first-order valence-electron chi connectivity index (χ1n) is 6.71. The number of aliphatic hydroxyl groups excluding tert-OH is 1. The lowest BCUT2D eigenvalue weighted by molar-refractivity contribution is -0.144. The highest BCUT2D eigenvalue weighted by atomic mass is 32.2. The van der Waals surface area contributed by atoms with Crippen LogP contribution in [0.5, 0.6) is 0 Å². The summed E-state index contributed by atoms with van der Waals surface area (Å²) < 4.78 is 0. The number of benzene rings is 1. The van der Waals surface area contributed by atoms with Gasteiger partial charge in [0, 0.05) is 17.1 Å². The Bertz CT molecular complexity index is 516. The lowest BCUT2D eigenvalue weighted by atomic mass is 10.1. The summed E-state index contributed by atoms with van der Waals surface area (Å²) in [5.41, 5.74) is 2.42. The number of hydrogen-bond donors (Lipinski definition) is 3. The van der Waals surface area contributed by atoms with Gasteiger partial charge in [-0.05, 0) is 44.0 Å². The zero-order valence-corrected chi connectivity index (χ0v) is 13.2. The molecule has 0 bridgehead atoms. The van der Waals surface area contributed by atoms with Crippen molar-refractivity contribution in [1.82, 2.24) is 5.32 Å². The van der Waals surface area contributed by atoms with Crippen molar-refractivity contribution in [2.45, 2.75) is 44.2 Å². The highest BCUT2D eigenvalue weighted by Crippen LogP contribution is 2.21. The Labute approximate surface area is 128 Å². The number of rotatable bonds is 7. The third-order valence-electron chi connectivity index (χ3n) is 3.14. The van der Waals surface area contributed by atoms with Gasteiger partial charge in [0.15, 0.2) is 6.04 Å². The molecule has 0 aliphatic rings. The van der Waals surface area contributed by atoms with Gasteiger partial charge >= 0.3 is 5.97 Å². The van der Waals surface area contributed by atoms with Crippen LogP contribution in [0.4, 0.5) is 0 Å². The average molecular weight is 311 g/mol. The molecule has 0 aromatic heterocycles. The van der Waals surface area contributed by atoms with Crippen molar-refractivity contribution in [2.75, 3.05) is 5.75 Å². The zero-order valence-electron chi connectivity index (χ0n) is 12.4. The number of aliphatic hydroxyl groups is 1. The first kappa shape index (κ1) is 17.5. The molecule has 0 fully saturated rings. The molecule has 0 saturated heterocycles. The second-order valence-corrected chi connectivity index (χ2v) is 6.14. The number of carbonyl (C=O) groups is 2. The maximum absolute atomic E-state index is 11.7. The van der Waals surface area contributed by atoms with E-state index in [4.69, 9.17) is 5.11 Å². The zero-order chi connectivity index (χ0) is 16.0. The van der Waals surface area contributed by atoms with Gasteiger partial charge in [-0.25, -0.2) is 4.79 Å². The summed E-state index contributed by atoms with van der Waals surface area (Å²) in [7, 11) is 0. The summed E-state index contributed by atoms with van der Waals surface area (Å²) >= 11 is 1.54. The highest BCUT2D eigenvalue weighted by Gasteiger charge is 2.24. The van der Waals surface area contributed by atoms with Crippen LogP contribution in [0, 0.1) is 13.8 Å². The number of nitrogens with one attached hydrogen (secondary N) is 1. The fourth-order valence-electron chi connectivity index (χ4n) is 1.70. The maximum atomic E-state index is 11.7. The molecular weight excluding hydrogens is 290 g/mol. The van der Waals surface area contributed by atoms with Gasteiger partial charge in [0.25, 0.3) is 0 Å². The molecule has 6 heteroatoms. The quantitative estimate of drug-likeness (QED) is 0.668. The molecule has 1 amide bonds. The van der Waals surface area contributed by atoms with Gasteiger partial charge < -0.3 is 15.5 Å². The average Bonchev–Trinajstić information content (AvgIpc) is 2.39. The number of aryl methyl sites for hydroxylation is 2. The maximum Gasteiger partial charge on any atom is 0.328 e. The predicted octanol–water partition coefficient (Wildman–Crippen LogP) is 1.74. The molecule has 5 nitrogen and oxygen atoms in total. The van der Waals surface area contributed by atoms with Crippen LogP contribution in [0.2, 0.25) is 0 Å². The van der Waals surface area contributed by atoms with Gasteiger partial charge in [-0.15, -0.1) is 11.8 Å². The predicted molar refractivity (Wildman–Crippen MR) is 82.5 cm³/mol. The van der Waals surface area contributed by atoms with Crippen LogP contribution in [0.3, 0.4) is 0 Å². The van der Waals surface area contributed by atoms with E-state index >= 15 is 0 Å². The number of carboxylic acids is 1. The number of aliphatic carboxylic acids is 1. The van der Waals surface area contributed by atoms with Crippen LogP contribution >= 0.6 is 11.8 Å². The Morgan fingerprint density at radius 1 is 1.29 bits per heavy atom. The van der Waals surface area contributed by atoms with Crippen LogP contribution in [0.1, 0.15) is 24.5 Å². The van der Waals surface area contributed by atoms with E-state index in [0.717, 1.165) is 4.90 Å². The first-order chi connectivity index (χ1) is 9.81. The van der Waals surface area contributed by atoms with E-state index in [1.54, 1.807) is 11.8 Å². The Balaban J connectivity index is 2.42. The number of thioether (sulfide) groups is 1. The molecule has 0 unspecified atom stereocenters. The Kier molecular flexibility index (Phi) is 6.71. The van der Waals surface area contributed by atoms with Gasteiger partial charge in [0.2, 0.25) is 5.91 Å². The molecule has 1 aromatic carbocycles. The largest absolute Gasteiger partial charge is 0.480 e. The molecule has 1 rings (SSSR count). The first-order valence-corrected chi connectivity index (χ1v) is 7.70. The van der Waals surface area contributed by atoms with E-state index in [1.807, 2.05) is 26.0 Å². The minimum absolute atomic E-state index is 0.202. The van der Waals surface area contributed by atoms with Crippen molar-refractivity contribution in [3.05, 3.63) is 29.3 Å². The molecule has 0 aliphatic carbocycles. The summed E-state index contributed by atoms with van der Waals surface area (Å²) in [6.45, 7) is 5.41. The minimum Gasteiger partial charge on any atom is -0.480 e. The van der Waals surface area contributed by atoms with Gasteiger partial charge in [-0.3, -0.25) is 4.79 Å². The fraction of sp³-hybridized carbons (Fsp3) is 0.467. The topological polar surface area (TPSA) is 86.6 Å². The lowest BCUT2D eigenvalue weighted by Gasteiger charge is -2.16. The van der Waals surface area contributed by atoms with Crippen molar-refractivity contribution >= 4 is 23.6 Å². The minimum atomic E-state index is -1.26. The molecule has 2 atom stereocenters. The molecule has 0 spiro atoms. The summed E-state index contributed by atoms with van der Waals surface area (Å²) in [6.07, 6.45) is -0.924. The molecule has 3 N–H and O–H groups in total. The van der Waals surface area contributed by atoms with E-state index in [0.29, 0.717) is 5.75 Å². The van der Waals surface area contributed by atoms with Crippen molar-refractivity contribution in [2.24, 2.45) is 0 Å². The van der Waals surface area contributed by atoms with Gasteiger partial charge in [0.05, 0.1) is 6.10 Å². The summed E-state index contributed by atoms with van der Waals surface area (Å²) in [5, 5.41) is 20.5. The number of hydrogen-bond acceptors (Lipinski definition) is 4. The van der Waals surface area contributed by atoms with Crippen molar-refractivity contribution in [3.8, 4) is 0 Å². The van der Waals surface area contributed by atoms with Crippen molar-refractivity contribution in [1.29, 1.82) is 0 Å². The normalized spacial score (nSPS) is 13.5. The Morgan fingerprint density at radius 2 is 1.95 bits per heavy atom. The van der Waals surface area contributed by atoms with E-state index in [-0.39, 0.29) is 12.3 Å². The van der Waals surface area contributed by atoms with Gasteiger partial charge in [-0.2, -0.15) is 0 Å². The summed E-state index contributed by atoms with van der Waals surface area (Å²) in [4.78, 5) is 23.6. The van der Waals surface area contributed by atoms with E-state index in [2.05, 4.69) is 11.4 Å². The smallest absolute Gasteiger partial charge is 0.328 e. The molecular formula is C15H21NO4S. The van der Waals surface area contributed by atoms with E-state index < -0.39 is 18.1 Å². The lowest BCUT2D eigenvalue weighted by Crippen LogP contribution is -2.47. The second kappa shape index (κ2) is 8.05. The standard InChI is InChI=1S/C15H21NO4S/c1-9-4-5-12(8-10(9)2)21-7-6-13(18)16-14(11(3)17)15(19)20/h4-5,8,11,14,17H,6-7H2,1-3H3,(H,16,18)(H,19,20)/t11-,14+/m1/s1. The molecule has 21 heavy (non-hydrogen) atoms. The SMILES string of the molecule is Cc1ccc(SCCC(=O)N[C@H](C(=O)O)[C@@H](C)O)cc1C. The molecule has 0 heterocycles. The summed E-state index contributed by atoms with van der Waals surface area (Å²) in [6, 6.07) is 4.84. The Morgan fingerprint density at radius 3 is 2.48 bits per heavy atom. The van der Waals surface area contributed by atoms with Crippen LogP contribution in [-0.2, 0) is 9.59 Å². The number of carbonyl (C=O) groups excluding carboxylic acids is 1. The van der Waals surface area contributed by atoms with Crippen LogP contribution in [0.25, 0.3) is 0 Å². The molecule has 0 saturated carbocycles. The van der Waals surface area contributed by atoms with Gasteiger partial charge in [0.1, 0.15) is 0 Å². The van der Waals surface area contributed by atoms with Crippen LogP contribution in [-0.4, -0.2) is 40.0 Å². The second-order valence-electron chi connectivity index (χ2n) is 4.97. The van der Waals surface area contributed by atoms with Crippen molar-refractivity contribution < 1.29 is 19.8 Å². The molecule has 0 radical (unpaired) electrons. The molecule has 1 aromatic rings. The number of carboxylic acid groups (broad SMARTS) is 1. The van der Waals surface area contributed by atoms with Crippen LogP contribution in [0.15, 0.2) is 23.1 Å². The molecule has 0 aliphatic heterocycles. The highest BCUT2D eigenvalue weighted by molar-refractivity contribution is 7.99. The Hall–Kier alpha value is -1.53.